The second-order valence-electron chi connectivity index (χ2n) is 8.62. The van der Waals surface area contributed by atoms with E-state index in [4.69, 9.17) is 0 Å². The third kappa shape index (κ3) is 4.64. The van der Waals surface area contributed by atoms with Crippen molar-refractivity contribution < 1.29 is 14.4 Å². The number of benzene rings is 1. The first-order chi connectivity index (χ1) is 14.6. The van der Waals surface area contributed by atoms with E-state index in [1.54, 1.807) is 0 Å². The second kappa shape index (κ2) is 9.56. The van der Waals surface area contributed by atoms with Crippen molar-refractivity contribution in [2.45, 2.75) is 51.6 Å². The number of carbonyl (C=O) groups is 3. The Morgan fingerprint density at radius 2 is 1.57 bits per heavy atom. The van der Waals surface area contributed by atoms with Crippen LogP contribution < -0.4 is 5.32 Å². The number of hydrogen-bond acceptors (Lipinski definition) is 4. The van der Waals surface area contributed by atoms with E-state index >= 15 is 0 Å². The maximum atomic E-state index is 12.5. The number of allylic oxidation sites excluding steroid dienone is 2. The van der Waals surface area contributed by atoms with Gasteiger partial charge in [0, 0.05) is 26.1 Å². The molecule has 0 saturated carbocycles. The van der Waals surface area contributed by atoms with Crippen LogP contribution in [0.1, 0.15) is 49.7 Å². The lowest BCUT2D eigenvalue weighted by molar-refractivity contribution is -0.140. The minimum absolute atomic E-state index is 0.117. The van der Waals surface area contributed by atoms with Crippen LogP contribution in [0.4, 0.5) is 0 Å². The van der Waals surface area contributed by atoms with Crippen LogP contribution in [0.15, 0.2) is 36.4 Å². The minimum Gasteiger partial charge on any atom is -0.352 e. The van der Waals surface area contributed by atoms with Gasteiger partial charge in [-0.3, -0.25) is 24.2 Å². The molecule has 1 aromatic carbocycles. The van der Waals surface area contributed by atoms with Crippen LogP contribution in [0, 0.1) is 11.8 Å². The molecule has 4 rings (SSSR count). The first-order valence-corrected chi connectivity index (χ1v) is 11.2. The van der Waals surface area contributed by atoms with Gasteiger partial charge in [-0.1, -0.05) is 42.8 Å². The summed E-state index contributed by atoms with van der Waals surface area (Å²) in [6, 6.07) is 8.24. The summed E-state index contributed by atoms with van der Waals surface area (Å²) < 4.78 is 0. The molecule has 2 fully saturated rings. The highest BCUT2D eigenvalue weighted by Crippen LogP contribution is 2.35. The third-order valence-corrected chi connectivity index (χ3v) is 6.60. The van der Waals surface area contributed by atoms with Gasteiger partial charge in [-0.2, -0.15) is 0 Å². The Labute approximate surface area is 178 Å². The Morgan fingerprint density at radius 3 is 2.23 bits per heavy atom. The normalized spacial score (nSPS) is 24.2. The largest absolute Gasteiger partial charge is 0.352 e. The molecule has 160 valence electrons. The number of nitrogens with one attached hydrogen (secondary N) is 1. The van der Waals surface area contributed by atoms with Crippen molar-refractivity contribution in [3.05, 3.63) is 47.5 Å². The number of amides is 3. The summed E-state index contributed by atoms with van der Waals surface area (Å²) in [5.74, 6) is -0.820. The van der Waals surface area contributed by atoms with E-state index < -0.39 is 0 Å². The quantitative estimate of drug-likeness (QED) is 0.555. The van der Waals surface area contributed by atoms with E-state index in [1.807, 2.05) is 24.3 Å². The summed E-state index contributed by atoms with van der Waals surface area (Å²) in [7, 11) is 0. The molecular weight excluding hydrogens is 378 g/mol. The highest BCUT2D eigenvalue weighted by molar-refractivity contribution is 6.05. The van der Waals surface area contributed by atoms with Gasteiger partial charge in [0.2, 0.25) is 17.7 Å². The Morgan fingerprint density at radius 1 is 0.933 bits per heavy atom. The molecule has 0 aromatic heterocycles. The van der Waals surface area contributed by atoms with Gasteiger partial charge in [0.15, 0.2) is 0 Å². The number of carbonyl (C=O) groups excluding carboxylic acids is 3. The lowest BCUT2D eigenvalue weighted by atomic mass is 9.85. The van der Waals surface area contributed by atoms with Crippen LogP contribution in [-0.4, -0.2) is 47.2 Å². The van der Waals surface area contributed by atoms with Crippen molar-refractivity contribution in [2.75, 3.05) is 19.6 Å². The smallest absolute Gasteiger partial charge is 0.233 e. The molecular formula is C24H31N3O3. The molecule has 2 saturated heterocycles. The van der Waals surface area contributed by atoms with Gasteiger partial charge < -0.3 is 5.32 Å². The fourth-order valence-electron chi connectivity index (χ4n) is 4.83. The zero-order chi connectivity index (χ0) is 20.9. The van der Waals surface area contributed by atoms with Crippen molar-refractivity contribution in [3.8, 4) is 0 Å². The van der Waals surface area contributed by atoms with E-state index in [0.717, 1.165) is 25.2 Å². The Bertz CT molecular complexity index is 803. The number of rotatable bonds is 7. The molecule has 30 heavy (non-hydrogen) atoms. The predicted octanol–water partition coefficient (Wildman–Crippen LogP) is 2.63. The van der Waals surface area contributed by atoms with Gasteiger partial charge in [-0.05, 0) is 49.9 Å². The summed E-state index contributed by atoms with van der Waals surface area (Å²) in [4.78, 5) is 41.2. The lowest BCUT2D eigenvalue weighted by Gasteiger charge is -2.27. The molecule has 0 unspecified atom stereocenters. The second-order valence-corrected chi connectivity index (χ2v) is 8.62. The van der Waals surface area contributed by atoms with Gasteiger partial charge in [0.1, 0.15) is 0 Å². The standard InChI is InChI=1S/C24H31N3O3/c28-22(12-15-27-23(29)20-10-4-5-11-21(20)24(27)30)25-16-18-8-2-3-9-19(18)17-26-13-6-1-7-14-26/h2-5,8-9,20-21H,1,6-7,10-17H2,(H,25,28)/t20-,21+. The van der Waals surface area contributed by atoms with Gasteiger partial charge >= 0.3 is 0 Å². The van der Waals surface area contributed by atoms with Gasteiger partial charge in [0.05, 0.1) is 11.8 Å². The zero-order valence-electron chi connectivity index (χ0n) is 17.5. The maximum Gasteiger partial charge on any atom is 0.233 e. The average molecular weight is 410 g/mol. The van der Waals surface area contributed by atoms with Gasteiger partial charge in [-0.25, -0.2) is 0 Å². The molecule has 0 bridgehead atoms. The van der Waals surface area contributed by atoms with E-state index in [2.05, 4.69) is 22.3 Å². The summed E-state index contributed by atoms with van der Waals surface area (Å²) in [5, 5.41) is 2.97. The summed E-state index contributed by atoms with van der Waals surface area (Å²) in [6.07, 6.45) is 9.19. The first kappa shape index (κ1) is 20.8. The SMILES string of the molecule is O=C(CCN1C(=O)[C@H]2CC=CC[C@H]2C1=O)NCc1ccccc1CN1CCCCC1. The molecule has 6 heteroatoms. The van der Waals surface area contributed by atoms with E-state index in [0.29, 0.717) is 19.4 Å². The number of likely N-dealkylation sites (tertiary alicyclic amines) is 2. The third-order valence-electron chi connectivity index (χ3n) is 6.60. The first-order valence-electron chi connectivity index (χ1n) is 11.2. The minimum atomic E-state index is -0.229. The topological polar surface area (TPSA) is 69.7 Å². The monoisotopic (exact) mass is 409 g/mol. The molecule has 2 atom stereocenters. The van der Waals surface area contributed by atoms with Crippen molar-refractivity contribution >= 4 is 17.7 Å². The van der Waals surface area contributed by atoms with Crippen LogP contribution in [0.5, 0.6) is 0 Å². The lowest BCUT2D eigenvalue weighted by Crippen LogP contribution is -2.35. The Hall–Kier alpha value is -2.47. The molecule has 1 aromatic rings. The van der Waals surface area contributed by atoms with Crippen LogP contribution >= 0.6 is 0 Å². The highest BCUT2D eigenvalue weighted by Gasteiger charge is 2.46. The molecule has 1 aliphatic carbocycles. The van der Waals surface area contributed by atoms with E-state index in [1.165, 1.54) is 29.7 Å². The molecule has 3 aliphatic rings. The Balaban J connectivity index is 1.27. The molecule has 3 amide bonds. The van der Waals surface area contributed by atoms with Crippen LogP contribution in [0.2, 0.25) is 0 Å². The number of piperidine rings is 1. The molecule has 6 nitrogen and oxygen atoms in total. The van der Waals surface area contributed by atoms with Gasteiger partial charge in [0.25, 0.3) is 0 Å². The van der Waals surface area contributed by atoms with Crippen LogP contribution in [-0.2, 0) is 27.5 Å². The number of imide groups is 1. The van der Waals surface area contributed by atoms with Crippen molar-refractivity contribution in [3.63, 3.8) is 0 Å². The molecule has 2 heterocycles. The van der Waals surface area contributed by atoms with E-state index in [9.17, 15) is 14.4 Å². The van der Waals surface area contributed by atoms with E-state index in [-0.39, 0.29) is 42.5 Å². The van der Waals surface area contributed by atoms with Gasteiger partial charge in [-0.15, -0.1) is 0 Å². The molecule has 0 radical (unpaired) electrons. The highest BCUT2D eigenvalue weighted by atomic mass is 16.2. The number of fused-ring (bicyclic) bond motifs is 1. The van der Waals surface area contributed by atoms with Crippen molar-refractivity contribution in [2.24, 2.45) is 11.8 Å². The molecule has 2 aliphatic heterocycles. The summed E-state index contributed by atoms with van der Waals surface area (Å²) >= 11 is 0. The maximum absolute atomic E-state index is 12.5. The average Bonchev–Trinajstić information content (AvgIpc) is 3.02. The fraction of sp³-hybridized carbons (Fsp3) is 0.542. The summed E-state index contributed by atoms with van der Waals surface area (Å²) in [6.45, 7) is 3.83. The predicted molar refractivity (Wildman–Crippen MR) is 114 cm³/mol. The van der Waals surface area contributed by atoms with Crippen molar-refractivity contribution in [1.29, 1.82) is 0 Å². The van der Waals surface area contributed by atoms with Crippen LogP contribution in [0.3, 0.4) is 0 Å². The van der Waals surface area contributed by atoms with Crippen molar-refractivity contribution in [1.82, 2.24) is 15.1 Å². The zero-order valence-corrected chi connectivity index (χ0v) is 17.5. The summed E-state index contributed by atoms with van der Waals surface area (Å²) in [5.41, 5.74) is 2.38. The molecule has 1 N–H and O–H groups in total. The number of nitrogens with zero attached hydrogens (tertiary/aromatic N) is 2. The fourth-order valence-corrected chi connectivity index (χ4v) is 4.83. The Kier molecular flexibility index (Phi) is 6.62. The molecule has 0 spiro atoms. The number of hydrogen-bond donors (Lipinski definition) is 1. The van der Waals surface area contributed by atoms with Crippen LogP contribution in [0.25, 0.3) is 0 Å².